The molecule has 0 amide bonds. The second-order valence-electron chi connectivity index (χ2n) is 4.21. The van der Waals surface area contributed by atoms with E-state index in [1.165, 1.54) is 5.39 Å². The maximum absolute atomic E-state index is 8.87. The number of nitriles is 1. The van der Waals surface area contributed by atoms with Crippen molar-refractivity contribution in [2.75, 3.05) is 0 Å². The molecular formula is C16H11N2. The maximum Gasteiger partial charge on any atom is 0.0991 e. The minimum absolute atomic E-state index is 0.685. The van der Waals surface area contributed by atoms with Crippen molar-refractivity contribution in [3.8, 4) is 6.07 Å². The summed E-state index contributed by atoms with van der Waals surface area (Å²) in [5.74, 6) is 0. The van der Waals surface area contributed by atoms with Gasteiger partial charge in [0.05, 0.1) is 11.6 Å². The molecule has 2 nitrogen and oxygen atoms in total. The number of H-pyrrole nitrogens is 1. The molecule has 0 unspecified atom stereocenters. The van der Waals surface area contributed by atoms with E-state index in [1.807, 2.05) is 30.5 Å². The first-order valence-electron chi connectivity index (χ1n) is 5.77. The van der Waals surface area contributed by atoms with E-state index < -0.39 is 0 Å². The summed E-state index contributed by atoms with van der Waals surface area (Å²) >= 11 is 0. The van der Waals surface area contributed by atoms with E-state index in [1.54, 1.807) is 0 Å². The van der Waals surface area contributed by atoms with Crippen LogP contribution in [-0.2, 0) is 0 Å². The molecule has 3 rings (SSSR count). The summed E-state index contributed by atoms with van der Waals surface area (Å²) in [4.78, 5) is 3.20. The summed E-state index contributed by atoms with van der Waals surface area (Å²) in [5.41, 5.74) is 3.98. The topological polar surface area (TPSA) is 39.6 Å². The molecule has 0 bridgehead atoms. The van der Waals surface area contributed by atoms with Gasteiger partial charge in [-0.25, -0.2) is 0 Å². The zero-order valence-corrected chi connectivity index (χ0v) is 9.72. The Hall–Kier alpha value is -2.53. The molecule has 1 N–H and O–H groups in total. The molecule has 0 spiro atoms. The standard InChI is InChI=1S/C16H11N2/c17-11-14-3-1-2-12(9-14)8-13-4-5-15-6-7-18-16(15)10-13/h1-10,18H. The number of aromatic amines is 1. The molecule has 0 saturated heterocycles. The Morgan fingerprint density at radius 1 is 1.00 bits per heavy atom. The number of hydrogen-bond donors (Lipinski definition) is 1. The van der Waals surface area contributed by atoms with Crippen molar-refractivity contribution < 1.29 is 0 Å². The lowest BCUT2D eigenvalue weighted by molar-refractivity contribution is 1.40. The minimum Gasteiger partial charge on any atom is -0.361 e. The van der Waals surface area contributed by atoms with Crippen LogP contribution in [0.3, 0.4) is 0 Å². The summed E-state index contributed by atoms with van der Waals surface area (Å²) in [6.45, 7) is 0. The molecular weight excluding hydrogens is 220 g/mol. The van der Waals surface area contributed by atoms with Crippen molar-refractivity contribution in [2.45, 2.75) is 0 Å². The number of nitrogens with zero attached hydrogens (tertiary/aromatic N) is 1. The third-order valence-electron chi connectivity index (χ3n) is 2.93. The summed E-state index contributed by atoms with van der Waals surface area (Å²) in [5, 5.41) is 10.1. The second kappa shape index (κ2) is 4.38. The first-order valence-corrected chi connectivity index (χ1v) is 5.77. The van der Waals surface area contributed by atoms with Crippen LogP contribution < -0.4 is 0 Å². The van der Waals surface area contributed by atoms with Gasteiger partial charge in [0.25, 0.3) is 0 Å². The first kappa shape index (κ1) is 10.6. The molecule has 85 valence electrons. The molecule has 2 aromatic carbocycles. The minimum atomic E-state index is 0.685. The fourth-order valence-electron chi connectivity index (χ4n) is 2.05. The summed E-state index contributed by atoms with van der Waals surface area (Å²) in [7, 11) is 0. The zero-order chi connectivity index (χ0) is 12.4. The second-order valence-corrected chi connectivity index (χ2v) is 4.21. The van der Waals surface area contributed by atoms with Crippen LogP contribution >= 0.6 is 0 Å². The van der Waals surface area contributed by atoms with Crippen LogP contribution in [0.5, 0.6) is 0 Å². The molecule has 1 radical (unpaired) electrons. The van der Waals surface area contributed by atoms with Crippen LogP contribution in [0.15, 0.2) is 54.7 Å². The average molecular weight is 231 g/mol. The van der Waals surface area contributed by atoms with Gasteiger partial charge in [0.15, 0.2) is 0 Å². The van der Waals surface area contributed by atoms with Gasteiger partial charge in [-0.1, -0.05) is 24.3 Å². The zero-order valence-electron chi connectivity index (χ0n) is 9.72. The SMILES string of the molecule is N#Cc1cccc([CH]c2ccc3cc[nH]c3c2)c1. The molecule has 0 atom stereocenters. The average Bonchev–Trinajstić information content (AvgIpc) is 2.86. The highest BCUT2D eigenvalue weighted by atomic mass is 14.7. The van der Waals surface area contributed by atoms with Gasteiger partial charge >= 0.3 is 0 Å². The molecule has 3 aromatic rings. The lowest BCUT2D eigenvalue weighted by Gasteiger charge is -2.02. The van der Waals surface area contributed by atoms with E-state index in [0.29, 0.717) is 5.56 Å². The van der Waals surface area contributed by atoms with E-state index in [-0.39, 0.29) is 0 Å². The van der Waals surface area contributed by atoms with Gasteiger partial charge < -0.3 is 4.98 Å². The Morgan fingerprint density at radius 3 is 2.78 bits per heavy atom. The Bertz CT molecular complexity index is 732. The van der Waals surface area contributed by atoms with Crippen LogP contribution in [0.4, 0.5) is 0 Å². The van der Waals surface area contributed by atoms with Crippen LogP contribution in [0.2, 0.25) is 0 Å². The Kier molecular flexibility index (Phi) is 2.59. The lowest BCUT2D eigenvalue weighted by atomic mass is 10.0. The highest BCUT2D eigenvalue weighted by Crippen LogP contribution is 2.18. The van der Waals surface area contributed by atoms with Crippen molar-refractivity contribution in [2.24, 2.45) is 0 Å². The van der Waals surface area contributed by atoms with Gasteiger partial charge in [0, 0.05) is 18.1 Å². The molecule has 18 heavy (non-hydrogen) atoms. The predicted molar refractivity (Wildman–Crippen MR) is 72.0 cm³/mol. The molecule has 0 saturated carbocycles. The van der Waals surface area contributed by atoms with E-state index in [4.69, 9.17) is 5.26 Å². The molecule has 0 aliphatic carbocycles. The van der Waals surface area contributed by atoms with E-state index in [0.717, 1.165) is 16.6 Å². The van der Waals surface area contributed by atoms with Crippen molar-refractivity contribution >= 4 is 10.9 Å². The molecule has 0 aliphatic rings. The maximum atomic E-state index is 8.87. The summed E-state index contributed by atoms with van der Waals surface area (Å²) in [6.07, 6.45) is 4.01. The monoisotopic (exact) mass is 231 g/mol. The molecule has 2 heteroatoms. The fraction of sp³-hybridized carbons (Fsp3) is 0. The lowest BCUT2D eigenvalue weighted by Crippen LogP contribution is -1.86. The van der Waals surface area contributed by atoms with Gasteiger partial charge in [0.2, 0.25) is 0 Å². The third kappa shape index (κ3) is 1.99. The van der Waals surface area contributed by atoms with Crippen LogP contribution in [0, 0.1) is 17.8 Å². The van der Waals surface area contributed by atoms with Gasteiger partial charge in [-0.05, 0) is 40.8 Å². The van der Waals surface area contributed by atoms with Crippen molar-refractivity contribution in [1.82, 2.24) is 4.98 Å². The number of fused-ring (bicyclic) bond motifs is 1. The van der Waals surface area contributed by atoms with Crippen LogP contribution in [0.1, 0.15) is 16.7 Å². The fourth-order valence-corrected chi connectivity index (χ4v) is 2.05. The third-order valence-corrected chi connectivity index (χ3v) is 2.93. The van der Waals surface area contributed by atoms with Crippen LogP contribution in [-0.4, -0.2) is 4.98 Å². The van der Waals surface area contributed by atoms with Gasteiger partial charge in [-0.3, -0.25) is 0 Å². The van der Waals surface area contributed by atoms with Crippen molar-refractivity contribution in [3.63, 3.8) is 0 Å². The molecule has 1 aromatic heterocycles. The van der Waals surface area contributed by atoms with Gasteiger partial charge in [0.1, 0.15) is 0 Å². The summed E-state index contributed by atoms with van der Waals surface area (Å²) in [6, 6.07) is 18.1. The predicted octanol–water partition coefficient (Wildman–Crippen LogP) is 3.64. The summed E-state index contributed by atoms with van der Waals surface area (Å²) < 4.78 is 0. The quantitative estimate of drug-likeness (QED) is 0.718. The van der Waals surface area contributed by atoms with E-state index >= 15 is 0 Å². The first-order chi connectivity index (χ1) is 8.85. The molecule has 0 aliphatic heterocycles. The van der Waals surface area contributed by atoms with Gasteiger partial charge in [-0.2, -0.15) is 5.26 Å². The van der Waals surface area contributed by atoms with Crippen molar-refractivity contribution in [3.05, 3.63) is 77.8 Å². The smallest absolute Gasteiger partial charge is 0.0991 e. The number of nitrogens with one attached hydrogen (secondary N) is 1. The number of benzene rings is 2. The molecule has 1 heterocycles. The van der Waals surface area contributed by atoms with Crippen molar-refractivity contribution in [1.29, 1.82) is 5.26 Å². The van der Waals surface area contributed by atoms with Crippen LogP contribution in [0.25, 0.3) is 10.9 Å². The number of rotatable bonds is 2. The highest BCUT2D eigenvalue weighted by molar-refractivity contribution is 5.80. The Labute approximate surface area is 106 Å². The molecule has 0 fully saturated rings. The highest BCUT2D eigenvalue weighted by Gasteiger charge is 2.00. The normalized spacial score (nSPS) is 10.4. The van der Waals surface area contributed by atoms with E-state index in [9.17, 15) is 0 Å². The number of hydrogen-bond acceptors (Lipinski definition) is 1. The largest absolute Gasteiger partial charge is 0.361 e. The van der Waals surface area contributed by atoms with Gasteiger partial charge in [-0.15, -0.1) is 0 Å². The van der Waals surface area contributed by atoms with E-state index in [2.05, 4.69) is 41.7 Å². The Balaban J connectivity index is 1.93. The Morgan fingerprint density at radius 2 is 1.89 bits per heavy atom. The number of aromatic nitrogens is 1.